The summed E-state index contributed by atoms with van der Waals surface area (Å²) in [4.78, 5) is 14.1. The van der Waals surface area contributed by atoms with Gasteiger partial charge in [-0.05, 0) is 48.9 Å². The Morgan fingerprint density at radius 1 is 1.20 bits per heavy atom. The summed E-state index contributed by atoms with van der Waals surface area (Å²) in [5.74, 6) is 0.0902. The van der Waals surface area contributed by atoms with Crippen LogP contribution in [-0.2, 0) is 22.6 Å². The van der Waals surface area contributed by atoms with Gasteiger partial charge in [-0.15, -0.1) is 0 Å². The van der Waals surface area contributed by atoms with Crippen LogP contribution >= 0.6 is 15.9 Å². The summed E-state index contributed by atoms with van der Waals surface area (Å²) in [5.41, 5.74) is 2.89. The zero-order valence-corrected chi connectivity index (χ0v) is 13.4. The molecule has 0 bridgehead atoms. The van der Waals surface area contributed by atoms with Gasteiger partial charge in [-0.2, -0.15) is 0 Å². The molecule has 1 saturated carbocycles. The van der Waals surface area contributed by atoms with Gasteiger partial charge in [0.2, 0.25) is 0 Å². The number of rotatable bonds is 2. The highest BCUT2D eigenvalue weighted by molar-refractivity contribution is 9.10. The molecule has 1 heterocycles. The van der Waals surface area contributed by atoms with E-state index in [1.807, 2.05) is 0 Å². The summed E-state index contributed by atoms with van der Waals surface area (Å²) in [6.45, 7) is 2.10. The van der Waals surface area contributed by atoms with Crippen LogP contribution in [0.3, 0.4) is 0 Å². The van der Waals surface area contributed by atoms with Crippen molar-refractivity contribution in [2.75, 3.05) is 7.11 Å². The highest BCUT2D eigenvalue weighted by Gasteiger charge is 2.32. The summed E-state index contributed by atoms with van der Waals surface area (Å²) in [6.07, 6.45) is 4.14. The quantitative estimate of drug-likeness (QED) is 0.773. The molecule has 2 aliphatic rings. The molecule has 1 aromatic carbocycles. The van der Waals surface area contributed by atoms with Gasteiger partial charge in [0.15, 0.2) is 0 Å². The van der Waals surface area contributed by atoms with E-state index in [0.29, 0.717) is 6.04 Å². The second-order valence-corrected chi connectivity index (χ2v) is 6.76. The number of hydrogen-bond acceptors (Lipinski definition) is 3. The maximum atomic E-state index is 11.6. The Morgan fingerprint density at radius 3 is 2.60 bits per heavy atom. The third kappa shape index (κ3) is 2.77. The number of halogens is 1. The van der Waals surface area contributed by atoms with Crippen molar-refractivity contribution in [1.29, 1.82) is 0 Å². The van der Waals surface area contributed by atoms with Crippen molar-refractivity contribution < 1.29 is 9.53 Å². The van der Waals surface area contributed by atoms with Gasteiger partial charge in [0, 0.05) is 23.6 Å². The van der Waals surface area contributed by atoms with Gasteiger partial charge >= 0.3 is 5.97 Å². The van der Waals surface area contributed by atoms with Crippen molar-refractivity contribution in [1.82, 2.24) is 4.90 Å². The molecule has 4 heteroatoms. The average molecular weight is 338 g/mol. The van der Waals surface area contributed by atoms with E-state index in [-0.39, 0.29) is 11.9 Å². The van der Waals surface area contributed by atoms with Crippen molar-refractivity contribution in [3.8, 4) is 0 Å². The topological polar surface area (TPSA) is 29.5 Å². The van der Waals surface area contributed by atoms with E-state index in [1.54, 1.807) is 0 Å². The number of carbonyl (C=O) groups excluding carboxylic acids is 1. The van der Waals surface area contributed by atoms with Crippen LogP contribution in [0.2, 0.25) is 0 Å². The Bertz CT molecular complexity index is 509. The Labute approximate surface area is 128 Å². The fourth-order valence-corrected chi connectivity index (χ4v) is 3.90. The minimum Gasteiger partial charge on any atom is -0.469 e. The van der Waals surface area contributed by atoms with Crippen LogP contribution in [0.25, 0.3) is 0 Å². The number of ether oxygens (including phenoxy) is 1. The second-order valence-electron chi connectivity index (χ2n) is 5.85. The van der Waals surface area contributed by atoms with Crippen LogP contribution in [0.15, 0.2) is 22.7 Å². The lowest BCUT2D eigenvalue weighted by molar-refractivity contribution is -0.146. The van der Waals surface area contributed by atoms with Crippen LogP contribution in [0.5, 0.6) is 0 Å². The zero-order valence-electron chi connectivity index (χ0n) is 11.8. The normalized spacial score (nSPS) is 26.3. The number of esters is 1. The van der Waals surface area contributed by atoms with Crippen molar-refractivity contribution in [3.05, 3.63) is 33.8 Å². The molecular weight excluding hydrogens is 318 g/mol. The molecule has 0 spiro atoms. The summed E-state index contributed by atoms with van der Waals surface area (Å²) < 4.78 is 6.02. The molecule has 20 heavy (non-hydrogen) atoms. The van der Waals surface area contributed by atoms with Crippen LogP contribution in [0, 0.1) is 5.92 Å². The van der Waals surface area contributed by atoms with E-state index in [1.165, 1.54) is 18.2 Å². The highest BCUT2D eigenvalue weighted by Crippen LogP contribution is 2.34. The lowest BCUT2D eigenvalue weighted by atomic mass is 9.85. The number of benzene rings is 1. The van der Waals surface area contributed by atoms with Crippen LogP contribution in [-0.4, -0.2) is 24.0 Å². The van der Waals surface area contributed by atoms with E-state index in [4.69, 9.17) is 4.74 Å². The molecule has 1 aliphatic carbocycles. The Kier molecular flexibility index (Phi) is 4.13. The first kappa shape index (κ1) is 14.1. The average Bonchev–Trinajstić information content (AvgIpc) is 2.89. The third-order valence-electron chi connectivity index (χ3n) is 4.66. The molecule has 0 unspecified atom stereocenters. The van der Waals surface area contributed by atoms with Crippen molar-refractivity contribution in [3.63, 3.8) is 0 Å². The van der Waals surface area contributed by atoms with E-state index in [0.717, 1.165) is 43.2 Å². The van der Waals surface area contributed by atoms with E-state index in [9.17, 15) is 4.79 Å². The smallest absolute Gasteiger partial charge is 0.308 e. The summed E-state index contributed by atoms with van der Waals surface area (Å²) in [6, 6.07) is 7.19. The molecule has 1 aliphatic heterocycles. The molecule has 0 atom stereocenters. The Balaban J connectivity index is 1.60. The van der Waals surface area contributed by atoms with Crippen LogP contribution < -0.4 is 0 Å². The monoisotopic (exact) mass is 337 g/mol. The molecule has 0 saturated heterocycles. The molecule has 108 valence electrons. The molecule has 3 nitrogen and oxygen atoms in total. The van der Waals surface area contributed by atoms with Crippen molar-refractivity contribution in [2.45, 2.75) is 44.8 Å². The largest absolute Gasteiger partial charge is 0.469 e. The van der Waals surface area contributed by atoms with E-state index < -0.39 is 0 Å². The molecule has 1 fully saturated rings. The molecule has 0 aromatic heterocycles. The first-order chi connectivity index (χ1) is 9.67. The first-order valence-corrected chi connectivity index (χ1v) is 8.06. The summed E-state index contributed by atoms with van der Waals surface area (Å²) >= 11 is 3.54. The fourth-order valence-electron chi connectivity index (χ4n) is 3.49. The summed E-state index contributed by atoms with van der Waals surface area (Å²) in [7, 11) is 1.49. The molecule has 0 amide bonds. The number of carbonyl (C=O) groups is 1. The molecule has 0 radical (unpaired) electrons. The minimum atomic E-state index is -0.0305. The molecule has 0 N–H and O–H groups in total. The fraction of sp³-hybridized carbons (Fsp3) is 0.562. The lowest BCUT2D eigenvalue weighted by Gasteiger charge is -2.33. The van der Waals surface area contributed by atoms with Gasteiger partial charge in [-0.1, -0.05) is 22.0 Å². The number of hydrogen-bond donors (Lipinski definition) is 0. The third-order valence-corrected chi connectivity index (χ3v) is 5.16. The SMILES string of the molecule is COC(=O)C1CCC(N2Cc3ccc(Br)cc3C2)CC1. The maximum absolute atomic E-state index is 11.6. The van der Waals surface area contributed by atoms with E-state index in [2.05, 4.69) is 39.0 Å². The zero-order chi connectivity index (χ0) is 14.1. The number of nitrogens with zero attached hydrogens (tertiary/aromatic N) is 1. The van der Waals surface area contributed by atoms with Crippen molar-refractivity contribution in [2.24, 2.45) is 5.92 Å². The Morgan fingerprint density at radius 2 is 1.90 bits per heavy atom. The maximum Gasteiger partial charge on any atom is 0.308 e. The predicted molar refractivity (Wildman–Crippen MR) is 81.2 cm³/mol. The molecule has 1 aromatic rings. The highest BCUT2D eigenvalue weighted by atomic mass is 79.9. The minimum absolute atomic E-state index is 0.0305. The number of fused-ring (bicyclic) bond motifs is 1. The van der Waals surface area contributed by atoms with Gasteiger partial charge in [-0.3, -0.25) is 9.69 Å². The van der Waals surface area contributed by atoms with Crippen LogP contribution in [0.4, 0.5) is 0 Å². The van der Waals surface area contributed by atoms with Gasteiger partial charge in [0.25, 0.3) is 0 Å². The van der Waals surface area contributed by atoms with Gasteiger partial charge in [-0.25, -0.2) is 0 Å². The van der Waals surface area contributed by atoms with E-state index >= 15 is 0 Å². The van der Waals surface area contributed by atoms with Gasteiger partial charge in [0.05, 0.1) is 13.0 Å². The standard InChI is InChI=1S/C16H20BrNO2/c1-20-16(19)11-3-6-15(7-4-11)18-9-12-2-5-14(17)8-13(12)10-18/h2,5,8,11,15H,3-4,6-7,9-10H2,1H3. The molecule has 3 rings (SSSR count). The summed E-state index contributed by atoms with van der Waals surface area (Å²) in [5, 5.41) is 0. The van der Waals surface area contributed by atoms with Gasteiger partial charge < -0.3 is 4.74 Å². The number of methoxy groups -OCH3 is 1. The van der Waals surface area contributed by atoms with Crippen molar-refractivity contribution >= 4 is 21.9 Å². The molecular formula is C16H20BrNO2. The van der Waals surface area contributed by atoms with Gasteiger partial charge in [0.1, 0.15) is 0 Å². The Hall–Kier alpha value is -0.870. The van der Waals surface area contributed by atoms with Crippen LogP contribution in [0.1, 0.15) is 36.8 Å². The lowest BCUT2D eigenvalue weighted by Crippen LogP contribution is -2.36. The second kappa shape index (κ2) is 5.86. The first-order valence-electron chi connectivity index (χ1n) is 7.26. The predicted octanol–water partition coefficient (Wildman–Crippen LogP) is 3.50.